The summed E-state index contributed by atoms with van der Waals surface area (Å²) in [5.41, 5.74) is 4.15. The molecule has 2 amide bonds. The van der Waals surface area contributed by atoms with Crippen LogP contribution < -0.4 is 5.32 Å². The molecule has 25 heavy (non-hydrogen) atoms. The van der Waals surface area contributed by atoms with E-state index in [9.17, 15) is 9.59 Å². The summed E-state index contributed by atoms with van der Waals surface area (Å²) in [4.78, 5) is 26.9. The molecule has 1 fully saturated rings. The predicted molar refractivity (Wildman–Crippen MR) is 94.4 cm³/mol. The number of rotatable bonds is 3. The van der Waals surface area contributed by atoms with Crippen LogP contribution in [0.4, 0.5) is 5.69 Å². The second-order valence-electron chi connectivity index (χ2n) is 6.93. The van der Waals surface area contributed by atoms with Crippen LogP contribution in [0.1, 0.15) is 40.7 Å². The number of hydrogen-bond donors (Lipinski definition) is 1. The molecule has 5 nitrogen and oxygen atoms in total. The Morgan fingerprint density at radius 3 is 2.84 bits per heavy atom. The zero-order valence-corrected chi connectivity index (χ0v) is 14.2. The summed E-state index contributed by atoms with van der Waals surface area (Å²) in [6, 6.07) is 7.86. The minimum Gasteiger partial charge on any atom is -0.472 e. The molecule has 1 atom stereocenters. The second kappa shape index (κ2) is 6.75. The van der Waals surface area contributed by atoms with E-state index in [4.69, 9.17) is 4.42 Å². The van der Waals surface area contributed by atoms with Crippen LogP contribution in [-0.2, 0) is 17.6 Å². The highest BCUT2D eigenvalue weighted by Gasteiger charge is 2.29. The smallest absolute Gasteiger partial charge is 0.257 e. The topological polar surface area (TPSA) is 62.6 Å². The van der Waals surface area contributed by atoms with E-state index in [1.165, 1.54) is 30.1 Å². The third-order valence-electron chi connectivity index (χ3n) is 5.21. The van der Waals surface area contributed by atoms with Gasteiger partial charge in [0.25, 0.3) is 5.91 Å². The summed E-state index contributed by atoms with van der Waals surface area (Å²) in [7, 11) is 0. The van der Waals surface area contributed by atoms with Gasteiger partial charge in [0.05, 0.1) is 17.7 Å². The molecular formula is C20H22N2O3. The molecule has 0 unspecified atom stereocenters. The van der Waals surface area contributed by atoms with Crippen molar-refractivity contribution < 1.29 is 14.0 Å². The number of aryl methyl sites for hydroxylation is 2. The first kappa shape index (κ1) is 15.9. The van der Waals surface area contributed by atoms with Crippen molar-refractivity contribution in [2.75, 3.05) is 18.4 Å². The number of nitrogens with one attached hydrogen (secondary N) is 1. The van der Waals surface area contributed by atoms with E-state index in [1.54, 1.807) is 11.0 Å². The molecule has 2 aliphatic rings. The third kappa shape index (κ3) is 3.31. The maximum absolute atomic E-state index is 12.7. The number of nitrogens with zero attached hydrogens (tertiary/aromatic N) is 1. The number of amides is 2. The second-order valence-corrected chi connectivity index (χ2v) is 6.93. The molecule has 5 heteroatoms. The van der Waals surface area contributed by atoms with E-state index < -0.39 is 0 Å². The van der Waals surface area contributed by atoms with Crippen molar-refractivity contribution in [2.24, 2.45) is 5.92 Å². The van der Waals surface area contributed by atoms with E-state index in [0.29, 0.717) is 18.7 Å². The fourth-order valence-electron chi connectivity index (χ4n) is 3.84. The van der Waals surface area contributed by atoms with Gasteiger partial charge in [-0.3, -0.25) is 9.59 Å². The first-order chi connectivity index (χ1) is 12.2. The maximum atomic E-state index is 12.7. The van der Waals surface area contributed by atoms with Gasteiger partial charge in [-0.15, -0.1) is 0 Å². The normalized spacial score (nSPS) is 19.5. The molecule has 0 bridgehead atoms. The number of likely N-dealkylation sites (tertiary alicyclic amines) is 1. The van der Waals surface area contributed by atoms with Crippen LogP contribution >= 0.6 is 0 Å². The van der Waals surface area contributed by atoms with E-state index >= 15 is 0 Å². The fraction of sp³-hybridized carbons (Fsp3) is 0.400. The lowest BCUT2D eigenvalue weighted by Gasteiger charge is -2.31. The summed E-state index contributed by atoms with van der Waals surface area (Å²) in [5.74, 6) is -0.232. The van der Waals surface area contributed by atoms with Crippen molar-refractivity contribution in [3.8, 4) is 0 Å². The lowest BCUT2D eigenvalue weighted by atomic mass is 9.96. The maximum Gasteiger partial charge on any atom is 0.257 e. The van der Waals surface area contributed by atoms with E-state index in [1.807, 2.05) is 6.07 Å². The molecular weight excluding hydrogens is 316 g/mol. The number of carbonyl (C=O) groups is 2. The summed E-state index contributed by atoms with van der Waals surface area (Å²) in [6.07, 6.45) is 8.02. The number of carbonyl (C=O) groups excluding carboxylic acids is 2. The fourth-order valence-corrected chi connectivity index (χ4v) is 3.84. The Hall–Kier alpha value is -2.56. The average Bonchev–Trinajstić information content (AvgIpc) is 3.32. The van der Waals surface area contributed by atoms with Crippen molar-refractivity contribution in [3.05, 3.63) is 53.5 Å². The minimum atomic E-state index is -0.169. The van der Waals surface area contributed by atoms with E-state index in [0.717, 1.165) is 31.4 Å². The first-order valence-corrected chi connectivity index (χ1v) is 8.95. The summed E-state index contributed by atoms with van der Waals surface area (Å²) < 4.78 is 4.99. The van der Waals surface area contributed by atoms with Crippen molar-refractivity contribution in [1.29, 1.82) is 0 Å². The molecule has 1 aromatic carbocycles. The highest BCUT2D eigenvalue weighted by atomic mass is 16.3. The first-order valence-electron chi connectivity index (χ1n) is 8.95. The SMILES string of the molecule is O=C(Nc1ccc2c(c1)CCC2)[C@H]1CCCN(C(=O)c2ccoc2)C1. The molecule has 4 rings (SSSR count). The van der Waals surface area contributed by atoms with E-state index in [2.05, 4.69) is 17.4 Å². The van der Waals surface area contributed by atoms with Crippen LogP contribution in [0.15, 0.2) is 41.2 Å². The predicted octanol–water partition coefficient (Wildman–Crippen LogP) is 3.26. The highest BCUT2D eigenvalue weighted by molar-refractivity contribution is 5.96. The summed E-state index contributed by atoms with van der Waals surface area (Å²) >= 11 is 0. The van der Waals surface area contributed by atoms with Crippen LogP contribution in [-0.4, -0.2) is 29.8 Å². The molecule has 0 saturated carbocycles. The Kier molecular flexibility index (Phi) is 4.30. The van der Waals surface area contributed by atoms with Gasteiger partial charge in [0.2, 0.25) is 5.91 Å². The zero-order chi connectivity index (χ0) is 17.2. The van der Waals surface area contributed by atoms with Crippen LogP contribution in [0, 0.1) is 5.92 Å². The van der Waals surface area contributed by atoms with Gasteiger partial charge >= 0.3 is 0 Å². The number of benzene rings is 1. The molecule has 2 heterocycles. The number of hydrogen-bond acceptors (Lipinski definition) is 3. The largest absolute Gasteiger partial charge is 0.472 e. The molecule has 130 valence electrons. The molecule has 2 aromatic rings. The van der Waals surface area contributed by atoms with Crippen LogP contribution in [0.2, 0.25) is 0 Å². The van der Waals surface area contributed by atoms with Gasteiger partial charge < -0.3 is 14.6 Å². The van der Waals surface area contributed by atoms with Crippen LogP contribution in [0.25, 0.3) is 0 Å². The molecule has 1 aliphatic heterocycles. The van der Waals surface area contributed by atoms with Crippen molar-refractivity contribution in [1.82, 2.24) is 4.90 Å². The molecule has 1 aliphatic carbocycles. The summed E-state index contributed by atoms with van der Waals surface area (Å²) in [6.45, 7) is 1.15. The van der Waals surface area contributed by atoms with Gasteiger partial charge in [-0.25, -0.2) is 0 Å². The zero-order valence-electron chi connectivity index (χ0n) is 14.2. The van der Waals surface area contributed by atoms with Gasteiger partial charge in [-0.1, -0.05) is 6.07 Å². The molecule has 0 spiro atoms. The van der Waals surface area contributed by atoms with Crippen molar-refractivity contribution >= 4 is 17.5 Å². The number of fused-ring (bicyclic) bond motifs is 1. The van der Waals surface area contributed by atoms with Gasteiger partial charge in [-0.05, 0) is 61.4 Å². The molecule has 1 saturated heterocycles. The highest BCUT2D eigenvalue weighted by Crippen LogP contribution is 2.26. The Balaban J connectivity index is 1.41. The standard InChI is InChI=1S/C20H22N2O3/c23-19(21-18-7-6-14-3-1-4-15(14)11-18)16-5-2-9-22(12-16)20(24)17-8-10-25-13-17/h6-8,10-11,13,16H,1-5,9,12H2,(H,21,23)/t16-/m0/s1. The lowest BCUT2D eigenvalue weighted by molar-refractivity contribution is -0.121. The van der Waals surface area contributed by atoms with Crippen LogP contribution in [0.5, 0.6) is 0 Å². The van der Waals surface area contributed by atoms with Gasteiger partial charge in [0.1, 0.15) is 6.26 Å². The minimum absolute atomic E-state index is 0.00244. The quantitative estimate of drug-likeness (QED) is 0.934. The van der Waals surface area contributed by atoms with Crippen molar-refractivity contribution in [2.45, 2.75) is 32.1 Å². The third-order valence-corrected chi connectivity index (χ3v) is 5.21. The molecule has 0 radical (unpaired) electrons. The van der Waals surface area contributed by atoms with Gasteiger partial charge in [0, 0.05) is 18.8 Å². The summed E-state index contributed by atoms with van der Waals surface area (Å²) in [5, 5.41) is 3.04. The number of piperidine rings is 1. The Morgan fingerprint density at radius 1 is 1.12 bits per heavy atom. The van der Waals surface area contributed by atoms with Crippen LogP contribution in [0.3, 0.4) is 0 Å². The van der Waals surface area contributed by atoms with Gasteiger partial charge in [-0.2, -0.15) is 0 Å². The Labute approximate surface area is 147 Å². The Morgan fingerprint density at radius 2 is 2.00 bits per heavy atom. The Bertz CT molecular complexity index is 782. The monoisotopic (exact) mass is 338 g/mol. The molecule has 1 aromatic heterocycles. The van der Waals surface area contributed by atoms with Gasteiger partial charge in [0.15, 0.2) is 0 Å². The number of anilines is 1. The van der Waals surface area contributed by atoms with Crippen molar-refractivity contribution in [3.63, 3.8) is 0 Å². The average molecular weight is 338 g/mol. The van der Waals surface area contributed by atoms with E-state index in [-0.39, 0.29) is 17.7 Å². The lowest BCUT2D eigenvalue weighted by Crippen LogP contribution is -2.43. The number of furan rings is 1. The molecule has 1 N–H and O–H groups in total.